The minimum absolute atomic E-state index is 0.198. The third-order valence-electron chi connectivity index (χ3n) is 4.04. The van der Waals surface area contributed by atoms with E-state index in [2.05, 4.69) is 0 Å². The topological polar surface area (TPSA) is 83.9 Å². The van der Waals surface area contributed by atoms with Crippen molar-refractivity contribution in [2.24, 2.45) is 0 Å². The molecule has 1 aromatic carbocycles. The van der Waals surface area contributed by atoms with Crippen LogP contribution in [0.5, 0.6) is 0 Å². The lowest BCUT2D eigenvalue weighted by atomic mass is 9.89. The molecule has 0 bridgehead atoms. The van der Waals surface area contributed by atoms with Crippen LogP contribution < -0.4 is 4.90 Å². The molecule has 0 spiro atoms. The molecule has 2 aromatic rings. The number of rotatable bonds is 6. The predicted molar refractivity (Wildman–Crippen MR) is 92.6 cm³/mol. The number of fused-ring (bicyclic) bond motifs is 1. The molecule has 0 radical (unpaired) electrons. The van der Waals surface area contributed by atoms with Crippen molar-refractivity contribution in [1.29, 1.82) is 0 Å². The van der Waals surface area contributed by atoms with Crippen molar-refractivity contribution < 1.29 is 24.2 Å². The van der Waals surface area contributed by atoms with Gasteiger partial charge in [0.05, 0.1) is 23.6 Å². The number of aliphatic hydroxyl groups is 1. The van der Waals surface area contributed by atoms with Crippen molar-refractivity contribution in [1.82, 2.24) is 0 Å². The summed E-state index contributed by atoms with van der Waals surface area (Å²) in [6.07, 6.45) is -0.372. The number of carbonyl (C=O) groups excluding carboxylic acids is 3. The van der Waals surface area contributed by atoms with Crippen LogP contribution in [0.15, 0.2) is 41.8 Å². The maximum Gasteiger partial charge on any atom is 0.326 e. The number of Topliss-reactive ketones (excluding diaryl/α,β-unsaturated/α-hetero) is 1. The summed E-state index contributed by atoms with van der Waals surface area (Å²) >= 11 is 1.25. The van der Waals surface area contributed by atoms with Crippen LogP contribution in [0.3, 0.4) is 0 Å². The summed E-state index contributed by atoms with van der Waals surface area (Å²) in [5.74, 6) is -1.58. The van der Waals surface area contributed by atoms with Gasteiger partial charge in [-0.05, 0) is 24.4 Å². The summed E-state index contributed by atoms with van der Waals surface area (Å²) < 4.78 is 4.90. The maximum atomic E-state index is 12.8. The number of hydrogen-bond donors (Lipinski definition) is 1. The summed E-state index contributed by atoms with van der Waals surface area (Å²) in [7, 11) is 0. The van der Waals surface area contributed by atoms with Gasteiger partial charge in [-0.3, -0.25) is 19.3 Å². The number of thiophene rings is 1. The minimum atomic E-state index is -1.98. The summed E-state index contributed by atoms with van der Waals surface area (Å²) in [6.45, 7) is 1.57. The smallest absolute Gasteiger partial charge is 0.326 e. The van der Waals surface area contributed by atoms with Crippen molar-refractivity contribution in [3.63, 3.8) is 0 Å². The Hall–Kier alpha value is -2.51. The lowest BCUT2D eigenvalue weighted by molar-refractivity contribution is -0.144. The number of hydrogen-bond acceptors (Lipinski definition) is 6. The standard InChI is InChI=1S/C18H17NO5S/c1-2-24-16(21)11-19-13-7-4-3-6-12(13)18(23,17(19)22)10-14(20)15-8-5-9-25-15/h3-9,23H,2,10-11H2,1H3/t18-/m1/s1. The number of anilines is 1. The summed E-state index contributed by atoms with van der Waals surface area (Å²) in [6, 6.07) is 10.0. The molecule has 1 atom stereocenters. The fourth-order valence-electron chi connectivity index (χ4n) is 2.93. The number of amides is 1. The first-order chi connectivity index (χ1) is 12.0. The minimum Gasteiger partial charge on any atom is -0.465 e. The highest BCUT2D eigenvalue weighted by atomic mass is 32.1. The fraction of sp³-hybridized carbons (Fsp3) is 0.278. The molecule has 1 aromatic heterocycles. The quantitative estimate of drug-likeness (QED) is 0.631. The van der Waals surface area contributed by atoms with E-state index in [1.54, 1.807) is 48.7 Å². The third kappa shape index (κ3) is 3.08. The molecule has 0 aliphatic carbocycles. The van der Waals surface area contributed by atoms with Gasteiger partial charge in [0.1, 0.15) is 6.54 Å². The maximum absolute atomic E-state index is 12.8. The molecule has 3 rings (SSSR count). The highest BCUT2D eigenvalue weighted by Gasteiger charge is 2.51. The van der Waals surface area contributed by atoms with Gasteiger partial charge < -0.3 is 9.84 Å². The van der Waals surface area contributed by atoms with Gasteiger partial charge in [0.2, 0.25) is 0 Å². The zero-order valence-electron chi connectivity index (χ0n) is 13.6. The molecular formula is C18H17NO5S. The molecule has 6 nitrogen and oxygen atoms in total. The average molecular weight is 359 g/mol. The molecule has 25 heavy (non-hydrogen) atoms. The zero-order chi connectivity index (χ0) is 18.0. The lowest BCUT2D eigenvalue weighted by Gasteiger charge is -2.22. The first-order valence-corrected chi connectivity index (χ1v) is 8.71. The number of esters is 1. The van der Waals surface area contributed by atoms with Crippen LogP contribution in [-0.4, -0.2) is 35.9 Å². The number of nitrogens with zero attached hydrogens (tertiary/aromatic N) is 1. The van der Waals surface area contributed by atoms with Crippen LogP contribution >= 0.6 is 11.3 Å². The zero-order valence-corrected chi connectivity index (χ0v) is 14.4. The highest BCUT2D eigenvalue weighted by molar-refractivity contribution is 7.12. The molecule has 2 heterocycles. The summed E-state index contributed by atoms with van der Waals surface area (Å²) in [4.78, 5) is 38.8. The van der Waals surface area contributed by atoms with Gasteiger partial charge in [0, 0.05) is 5.56 Å². The molecule has 1 N–H and O–H groups in total. The number of benzene rings is 1. The van der Waals surface area contributed by atoms with Gasteiger partial charge in [0.25, 0.3) is 5.91 Å². The van der Waals surface area contributed by atoms with E-state index in [-0.39, 0.29) is 25.4 Å². The van der Waals surface area contributed by atoms with Crippen molar-refractivity contribution >= 4 is 34.7 Å². The second kappa shape index (κ2) is 6.78. The first-order valence-electron chi connectivity index (χ1n) is 7.83. The molecule has 0 saturated carbocycles. The SMILES string of the molecule is CCOC(=O)CN1C(=O)[C@@](O)(CC(=O)c2cccs2)c2ccccc21. The van der Waals surface area contributed by atoms with Crippen molar-refractivity contribution in [2.75, 3.05) is 18.1 Å². The highest BCUT2D eigenvalue weighted by Crippen LogP contribution is 2.42. The molecule has 1 aliphatic heterocycles. The van der Waals surface area contributed by atoms with Gasteiger partial charge in [-0.25, -0.2) is 0 Å². The number of carbonyl (C=O) groups is 3. The van der Waals surface area contributed by atoms with E-state index in [0.717, 1.165) is 0 Å². The Morgan fingerprint density at radius 2 is 2.00 bits per heavy atom. The Morgan fingerprint density at radius 3 is 2.68 bits per heavy atom. The van der Waals surface area contributed by atoms with Crippen LogP contribution in [0.1, 0.15) is 28.6 Å². The Balaban J connectivity index is 1.93. The van der Waals surface area contributed by atoms with E-state index in [0.29, 0.717) is 16.1 Å². The van der Waals surface area contributed by atoms with Crippen LogP contribution in [0.2, 0.25) is 0 Å². The van der Waals surface area contributed by atoms with Gasteiger partial charge in [-0.2, -0.15) is 0 Å². The Kier molecular flexibility index (Phi) is 4.69. The molecule has 7 heteroatoms. The van der Waals surface area contributed by atoms with Gasteiger partial charge in [-0.1, -0.05) is 24.3 Å². The monoisotopic (exact) mass is 359 g/mol. The van der Waals surface area contributed by atoms with Crippen LogP contribution in [0.25, 0.3) is 0 Å². The molecule has 1 amide bonds. The van der Waals surface area contributed by atoms with E-state index in [4.69, 9.17) is 4.74 Å². The number of ether oxygens (including phenoxy) is 1. The van der Waals surface area contributed by atoms with E-state index in [1.165, 1.54) is 16.2 Å². The van der Waals surface area contributed by atoms with E-state index >= 15 is 0 Å². The average Bonchev–Trinajstić information content (AvgIpc) is 3.19. The summed E-state index contributed by atoms with van der Waals surface area (Å²) in [5, 5.41) is 12.8. The van der Waals surface area contributed by atoms with Crippen LogP contribution in [0.4, 0.5) is 5.69 Å². The largest absolute Gasteiger partial charge is 0.465 e. The van der Waals surface area contributed by atoms with Gasteiger partial charge >= 0.3 is 5.97 Å². The predicted octanol–water partition coefficient (Wildman–Crippen LogP) is 2.12. The van der Waals surface area contributed by atoms with Crippen molar-refractivity contribution in [3.05, 3.63) is 52.2 Å². The second-order valence-electron chi connectivity index (χ2n) is 5.65. The molecule has 130 valence electrons. The Bertz CT molecular complexity index is 817. The molecule has 0 unspecified atom stereocenters. The molecule has 0 saturated heterocycles. The van der Waals surface area contributed by atoms with E-state index in [1.807, 2.05) is 0 Å². The lowest BCUT2D eigenvalue weighted by Crippen LogP contribution is -2.43. The number of para-hydroxylation sites is 1. The van der Waals surface area contributed by atoms with E-state index in [9.17, 15) is 19.5 Å². The summed E-state index contributed by atoms with van der Waals surface area (Å²) in [5.41, 5.74) is -1.24. The third-order valence-corrected chi connectivity index (χ3v) is 4.96. The van der Waals surface area contributed by atoms with Gasteiger partial charge in [0.15, 0.2) is 11.4 Å². The van der Waals surface area contributed by atoms with E-state index < -0.39 is 17.5 Å². The first kappa shape index (κ1) is 17.3. The second-order valence-corrected chi connectivity index (χ2v) is 6.60. The normalized spacial score (nSPS) is 19.0. The Morgan fingerprint density at radius 1 is 1.24 bits per heavy atom. The van der Waals surface area contributed by atoms with Crippen LogP contribution in [-0.2, 0) is 19.9 Å². The van der Waals surface area contributed by atoms with Gasteiger partial charge in [-0.15, -0.1) is 11.3 Å². The van der Waals surface area contributed by atoms with Crippen molar-refractivity contribution in [3.8, 4) is 0 Å². The Labute approximate surface area is 148 Å². The molecule has 0 fully saturated rings. The fourth-order valence-corrected chi connectivity index (χ4v) is 3.59. The van der Waals surface area contributed by atoms with Crippen LogP contribution in [0, 0.1) is 0 Å². The van der Waals surface area contributed by atoms with Crippen molar-refractivity contribution in [2.45, 2.75) is 18.9 Å². The molecule has 1 aliphatic rings. The molecular weight excluding hydrogens is 342 g/mol. The number of ketones is 1.